The van der Waals surface area contributed by atoms with Crippen LogP contribution in [0.15, 0.2) is 35.5 Å². The number of thioether (sulfide) groups is 1. The number of benzene rings is 1. The van der Waals surface area contributed by atoms with Crippen LogP contribution in [0.25, 0.3) is 0 Å². The Morgan fingerprint density at radius 3 is 2.42 bits per heavy atom. The van der Waals surface area contributed by atoms with E-state index in [1.807, 2.05) is 60.7 Å². The molecule has 140 valence electrons. The van der Waals surface area contributed by atoms with Gasteiger partial charge in [0.05, 0.1) is 0 Å². The first kappa shape index (κ1) is 20.0. The van der Waals surface area contributed by atoms with Crippen molar-refractivity contribution in [1.29, 1.82) is 0 Å². The van der Waals surface area contributed by atoms with E-state index >= 15 is 0 Å². The fourth-order valence-corrected chi connectivity index (χ4v) is 3.70. The van der Waals surface area contributed by atoms with E-state index in [0.717, 1.165) is 5.56 Å². The van der Waals surface area contributed by atoms with Crippen LogP contribution in [0.4, 0.5) is 0 Å². The smallest absolute Gasteiger partial charge is 0.240 e. The zero-order chi connectivity index (χ0) is 19.1. The summed E-state index contributed by atoms with van der Waals surface area (Å²) in [5.74, 6) is 0.349. The van der Waals surface area contributed by atoms with Gasteiger partial charge in [-0.1, -0.05) is 42.1 Å². The minimum atomic E-state index is -0.400. The van der Waals surface area contributed by atoms with Gasteiger partial charge in [-0.05, 0) is 19.4 Å². The lowest BCUT2D eigenvalue weighted by Crippen LogP contribution is -2.34. The molecule has 1 heterocycles. The van der Waals surface area contributed by atoms with Crippen LogP contribution in [-0.4, -0.2) is 44.6 Å². The van der Waals surface area contributed by atoms with Gasteiger partial charge in [-0.25, -0.2) is 0 Å². The summed E-state index contributed by atoms with van der Waals surface area (Å²) in [5.41, 5.74) is 6.13. The molecule has 0 saturated heterocycles. The standard InChI is InChI=1S/C18H25N5O2S/c1-4-23(5-2)17(25)16(13-9-7-6-8-10-13)26-18-21-20-15(22(18)3)12-11-14(19)24/h6-10,16H,4-5,11-12H2,1-3H3,(H2,19,24)/t16-/m1/s1. The highest BCUT2D eigenvalue weighted by molar-refractivity contribution is 8.00. The second-order valence-corrected chi connectivity index (χ2v) is 6.92. The molecule has 0 saturated carbocycles. The topological polar surface area (TPSA) is 94.1 Å². The van der Waals surface area contributed by atoms with Gasteiger partial charge < -0.3 is 15.2 Å². The monoisotopic (exact) mass is 375 g/mol. The predicted molar refractivity (Wildman–Crippen MR) is 101 cm³/mol. The minimum absolute atomic E-state index is 0.0490. The molecule has 2 N–H and O–H groups in total. The highest BCUT2D eigenvalue weighted by Crippen LogP contribution is 2.35. The third-order valence-corrected chi connectivity index (χ3v) is 5.42. The molecule has 0 bridgehead atoms. The van der Waals surface area contributed by atoms with Gasteiger partial charge >= 0.3 is 0 Å². The largest absolute Gasteiger partial charge is 0.370 e. The average molecular weight is 375 g/mol. The number of likely N-dealkylation sites (N-methyl/N-ethyl adjacent to an activating group) is 1. The third-order valence-electron chi connectivity index (χ3n) is 4.15. The molecule has 0 aliphatic heterocycles. The molecule has 1 aromatic carbocycles. The summed E-state index contributed by atoms with van der Waals surface area (Å²) in [4.78, 5) is 25.8. The summed E-state index contributed by atoms with van der Waals surface area (Å²) in [6, 6.07) is 9.67. The maximum absolute atomic E-state index is 13.0. The van der Waals surface area contributed by atoms with Crippen molar-refractivity contribution in [3.05, 3.63) is 41.7 Å². The van der Waals surface area contributed by atoms with E-state index in [-0.39, 0.29) is 18.2 Å². The van der Waals surface area contributed by atoms with Crippen LogP contribution in [0.2, 0.25) is 0 Å². The number of carbonyl (C=O) groups excluding carboxylic acids is 2. The number of aryl methyl sites for hydroxylation is 1. The molecular weight excluding hydrogens is 350 g/mol. The van der Waals surface area contributed by atoms with Crippen LogP contribution >= 0.6 is 11.8 Å². The summed E-state index contributed by atoms with van der Waals surface area (Å²) in [7, 11) is 1.84. The van der Waals surface area contributed by atoms with E-state index in [0.29, 0.717) is 30.5 Å². The summed E-state index contributed by atoms with van der Waals surface area (Å²) in [5, 5.41) is 8.58. The van der Waals surface area contributed by atoms with E-state index in [1.165, 1.54) is 11.8 Å². The molecule has 0 aliphatic rings. The van der Waals surface area contributed by atoms with Crippen molar-refractivity contribution in [2.75, 3.05) is 13.1 Å². The number of hydrogen-bond donors (Lipinski definition) is 1. The number of aromatic nitrogens is 3. The Labute approximate surface area is 158 Å². The number of primary amides is 1. The van der Waals surface area contributed by atoms with Crippen molar-refractivity contribution in [2.24, 2.45) is 12.8 Å². The zero-order valence-corrected chi connectivity index (χ0v) is 16.2. The van der Waals surface area contributed by atoms with Gasteiger partial charge in [-0.15, -0.1) is 10.2 Å². The Kier molecular flexibility index (Phi) is 7.20. The molecule has 0 unspecified atom stereocenters. The minimum Gasteiger partial charge on any atom is -0.370 e. The number of rotatable bonds is 9. The molecule has 0 spiro atoms. The first-order valence-corrected chi connectivity index (χ1v) is 9.52. The molecule has 1 atom stereocenters. The molecular formula is C18H25N5O2S. The highest BCUT2D eigenvalue weighted by Gasteiger charge is 2.27. The van der Waals surface area contributed by atoms with E-state index in [1.54, 1.807) is 0 Å². The van der Waals surface area contributed by atoms with Crippen molar-refractivity contribution in [3.63, 3.8) is 0 Å². The van der Waals surface area contributed by atoms with Crippen LogP contribution in [-0.2, 0) is 23.1 Å². The van der Waals surface area contributed by atoms with Crippen molar-refractivity contribution in [2.45, 2.75) is 37.1 Å². The van der Waals surface area contributed by atoms with Gasteiger partial charge in [-0.2, -0.15) is 0 Å². The van der Waals surface area contributed by atoms with E-state index in [9.17, 15) is 9.59 Å². The summed E-state index contributed by atoms with van der Waals surface area (Å²) in [6.45, 7) is 5.25. The Morgan fingerprint density at radius 1 is 1.19 bits per heavy atom. The lowest BCUT2D eigenvalue weighted by molar-refractivity contribution is -0.130. The molecule has 0 aliphatic carbocycles. The highest BCUT2D eigenvalue weighted by atomic mass is 32.2. The van der Waals surface area contributed by atoms with Crippen molar-refractivity contribution < 1.29 is 9.59 Å². The molecule has 26 heavy (non-hydrogen) atoms. The Hall–Kier alpha value is -2.35. The van der Waals surface area contributed by atoms with Crippen LogP contribution in [0.3, 0.4) is 0 Å². The molecule has 2 aromatic rings. The number of hydrogen-bond acceptors (Lipinski definition) is 5. The number of amides is 2. The maximum Gasteiger partial charge on any atom is 0.240 e. The van der Waals surface area contributed by atoms with E-state index in [4.69, 9.17) is 5.73 Å². The van der Waals surface area contributed by atoms with Gasteiger partial charge in [-0.3, -0.25) is 9.59 Å². The molecule has 0 fully saturated rings. The Balaban J connectivity index is 2.27. The zero-order valence-electron chi connectivity index (χ0n) is 15.4. The summed E-state index contributed by atoms with van der Waals surface area (Å²) < 4.78 is 1.82. The molecule has 1 aromatic heterocycles. The second kappa shape index (κ2) is 9.38. The SMILES string of the molecule is CCN(CC)C(=O)[C@H](Sc1nnc(CCC(N)=O)n1C)c1ccccc1. The fraction of sp³-hybridized carbons (Fsp3) is 0.444. The van der Waals surface area contributed by atoms with Crippen LogP contribution in [0.5, 0.6) is 0 Å². The summed E-state index contributed by atoms with van der Waals surface area (Å²) >= 11 is 1.37. The van der Waals surface area contributed by atoms with E-state index < -0.39 is 5.25 Å². The molecule has 0 radical (unpaired) electrons. The molecule has 2 amide bonds. The molecule has 2 rings (SSSR count). The van der Waals surface area contributed by atoms with Crippen LogP contribution in [0.1, 0.15) is 36.9 Å². The lowest BCUT2D eigenvalue weighted by atomic mass is 10.1. The van der Waals surface area contributed by atoms with Crippen LogP contribution < -0.4 is 5.73 Å². The van der Waals surface area contributed by atoms with E-state index in [2.05, 4.69) is 10.2 Å². The van der Waals surface area contributed by atoms with Gasteiger partial charge in [0, 0.05) is 33.0 Å². The summed E-state index contributed by atoms with van der Waals surface area (Å²) in [6.07, 6.45) is 0.649. The van der Waals surface area contributed by atoms with Crippen molar-refractivity contribution in [3.8, 4) is 0 Å². The van der Waals surface area contributed by atoms with Crippen LogP contribution in [0, 0.1) is 0 Å². The average Bonchev–Trinajstić information content (AvgIpc) is 2.99. The fourth-order valence-electron chi connectivity index (χ4n) is 2.60. The van der Waals surface area contributed by atoms with Gasteiger partial charge in [0.15, 0.2) is 5.16 Å². The van der Waals surface area contributed by atoms with Gasteiger partial charge in [0.1, 0.15) is 11.1 Å². The van der Waals surface area contributed by atoms with Crippen molar-refractivity contribution in [1.82, 2.24) is 19.7 Å². The number of nitrogens with two attached hydrogens (primary N) is 1. The maximum atomic E-state index is 13.0. The molecule has 8 heteroatoms. The Bertz CT molecular complexity index is 743. The molecule has 7 nitrogen and oxygen atoms in total. The number of nitrogens with zero attached hydrogens (tertiary/aromatic N) is 4. The lowest BCUT2D eigenvalue weighted by Gasteiger charge is -2.24. The quantitative estimate of drug-likeness (QED) is 0.676. The predicted octanol–water partition coefficient (Wildman–Crippen LogP) is 1.93. The van der Waals surface area contributed by atoms with Crippen molar-refractivity contribution >= 4 is 23.6 Å². The normalized spacial score (nSPS) is 12.0. The van der Waals surface area contributed by atoms with Gasteiger partial charge in [0.2, 0.25) is 11.8 Å². The first-order valence-electron chi connectivity index (χ1n) is 8.64. The Morgan fingerprint density at radius 2 is 1.85 bits per heavy atom. The first-order chi connectivity index (χ1) is 12.5. The van der Waals surface area contributed by atoms with Gasteiger partial charge in [0.25, 0.3) is 0 Å². The third kappa shape index (κ3) is 4.85. The second-order valence-electron chi connectivity index (χ2n) is 5.84. The number of carbonyl (C=O) groups is 2.